The van der Waals surface area contributed by atoms with Gasteiger partial charge in [-0.2, -0.15) is 0 Å². The van der Waals surface area contributed by atoms with Gasteiger partial charge in [0.1, 0.15) is 6.29 Å². The van der Waals surface area contributed by atoms with Crippen LogP contribution in [0, 0.1) is 40.4 Å². The van der Waals surface area contributed by atoms with Crippen LogP contribution in [0.3, 0.4) is 0 Å². The summed E-state index contributed by atoms with van der Waals surface area (Å²) >= 11 is 0. The maximum Gasteiger partial charge on any atom is 0.120 e. The lowest BCUT2D eigenvalue weighted by atomic mass is 9.48. The second kappa shape index (κ2) is 12.7. The van der Waals surface area contributed by atoms with Crippen LogP contribution in [0.2, 0.25) is 0 Å². The van der Waals surface area contributed by atoms with E-state index in [9.17, 15) is 4.79 Å². The summed E-state index contributed by atoms with van der Waals surface area (Å²) in [6, 6.07) is 0.0749. The Hall–Kier alpha value is -1.35. The molecule has 2 saturated carbocycles. The van der Waals surface area contributed by atoms with E-state index in [1.165, 1.54) is 50.5 Å². The van der Waals surface area contributed by atoms with Gasteiger partial charge >= 0.3 is 0 Å². The smallest absolute Gasteiger partial charge is 0.120 e. The van der Waals surface area contributed by atoms with Crippen LogP contribution >= 0.6 is 0 Å². The zero-order valence-electron chi connectivity index (χ0n) is 24.2. The first-order valence-corrected chi connectivity index (χ1v) is 14.7. The molecule has 8 unspecified atom stereocenters. The Kier molecular flexibility index (Phi) is 10.9. The first-order chi connectivity index (χ1) is 16.7. The third-order valence-corrected chi connectivity index (χ3v) is 10.3. The molecule has 200 valence electrons. The minimum absolute atomic E-state index is 0.0749. The Morgan fingerprint density at radius 3 is 2.43 bits per heavy atom. The summed E-state index contributed by atoms with van der Waals surface area (Å²) < 4.78 is 0. The molecule has 4 aliphatic carbocycles. The summed E-state index contributed by atoms with van der Waals surface area (Å²) in [7, 11) is 0. The first-order valence-electron chi connectivity index (χ1n) is 14.7. The van der Waals surface area contributed by atoms with E-state index in [1.54, 1.807) is 5.57 Å². The summed E-state index contributed by atoms with van der Waals surface area (Å²) in [5.41, 5.74) is 17.4. The fraction of sp³-hybridized carbons (Fsp3) is 0.781. The van der Waals surface area contributed by atoms with E-state index < -0.39 is 0 Å². The highest BCUT2D eigenvalue weighted by molar-refractivity contribution is 5.50. The van der Waals surface area contributed by atoms with Crippen molar-refractivity contribution in [1.29, 1.82) is 0 Å². The molecule has 0 amide bonds. The van der Waals surface area contributed by atoms with Crippen molar-refractivity contribution in [3.8, 4) is 0 Å². The van der Waals surface area contributed by atoms with E-state index in [2.05, 4.69) is 39.0 Å². The van der Waals surface area contributed by atoms with Crippen LogP contribution in [0.15, 0.2) is 35.1 Å². The normalized spacial score (nSPS) is 37.5. The number of allylic oxidation sites excluding steroid dienone is 6. The second-order valence-electron chi connectivity index (χ2n) is 11.7. The second-order valence-corrected chi connectivity index (χ2v) is 11.7. The third-order valence-electron chi connectivity index (χ3n) is 10.3. The molecule has 0 heterocycles. The monoisotopic (exact) mass is 484 g/mol. The summed E-state index contributed by atoms with van der Waals surface area (Å²) in [5.74, 6) is 3.04. The largest absolute Gasteiger partial charge is 0.402 e. The van der Waals surface area contributed by atoms with Crippen LogP contribution in [0.25, 0.3) is 0 Å². The number of hydrogen-bond donors (Lipinski definition) is 2. The Morgan fingerprint density at radius 2 is 1.80 bits per heavy atom. The molecule has 0 bridgehead atoms. The zero-order chi connectivity index (χ0) is 26.4. The standard InChI is InChI=1S/C28H44N2O.2C2H6/c1-18(19(2)29)17-20(13-16-31)26(30)25-11-10-23-22-9-8-21-7-5-6-14-27(21,3)24(22)12-15-28(23,25)4;2*1-2/h6,8,14,16,20,22-26H,5,7,9-13,15,17,29-30H2,1-4H3;2*1-2H3/b19-18+;;. The van der Waals surface area contributed by atoms with Crippen LogP contribution in [-0.2, 0) is 4.79 Å². The lowest BCUT2D eigenvalue weighted by Gasteiger charge is -2.57. The minimum atomic E-state index is 0.0749. The van der Waals surface area contributed by atoms with Crippen molar-refractivity contribution in [2.45, 2.75) is 119 Å². The van der Waals surface area contributed by atoms with Gasteiger partial charge in [-0.1, -0.05) is 70.9 Å². The minimum Gasteiger partial charge on any atom is -0.402 e. The summed E-state index contributed by atoms with van der Waals surface area (Å²) in [6.07, 6.45) is 18.9. The van der Waals surface area contributed by atoms with E-state index in [0.717, 1.165) is 36.2 Å². The van der Waals surface area contributed by atoms with Crippen LogP contribution in [0.5, 0.6) is 0 Å². The van der Waals surface area contributed by atoms with Crippen molar-refractivity contribution >= 4 is 6.29 Å². The third kappa shape index (κ3) is 5.65. The Labute approximate surface area is 217 Å². The van der Waals surface area contributed by atoms with Crippen LogP contribution in [-0.4, -0.2) is 12.3 Å². The molecule has 0 aromatic carbocycles. The SMILES string of the molecule is C/C(N)=C(/C)CC(CC=O)C(N)C1CCC2C3CC=C4CCC=CC4(C)C3CCC12C.CC.CC. The summed E-state index contributed by atoms with van der Waals surface area (Å²) in [5, 5.41) is 0. The fourth-order valence-corrected chi connectivity index (χ4v) is 8.32. The molecule has 0 radical (unpaired) electrons. The fourth-order valence-electron chi connectivity index (χ4n) is 8.32. The molecule has 8 atom stereocenters. The molecule has 4 aliphatic rings. The van der Waals surface area contributed by atoms with Gasteiger partial charge in [0.15, 0.2) is 0 Å². The highest BCUT2D eigenvalue weighted by Gasteiger charge is 2.59. The van der Waals surface area contributed by atoms with Gasteiger partial charge in [-0.25, -0.2) is 0 Å². The van der Waals surface area contributed by atoms with E-state index in [0.29, 0.717) is 17.8 Å². The number of carbonyl (C=O) groups is 1. The van der Waals surface area contributed by atoms with Crippen LogP contribution in [0.4, 0.5) is 0 Å². The maximum absolute atomic E-state index is 11.5. The number of rotatable bonds is 6. The predicted octanol–water partition coefficient (Wildman–Crippen LogP) is 7.96. The predicted molar refractivity (Wildman–Crippen MR) is 152 cm³/mol. The lowest BCUT2D eigenvalue weighted by molar-refractivity contribution is -0.109. The van der Waals surface area contributed by atoms with Gasteiger partial charge < -0.3 is 16.3 Å². The molecule has 3 heteroatoms. The molecule has 0 aromatic rings. The van der Waals surface area contributed by atoms with E-state index in [4.69, 9.17) is 11.5 Å². The van der Waals surface area contributed by atoms with Gasteiger partial charge in [-0.3, -0.25) is 0 Å². The highest BCUT2D eigenvalue weighted by Crippen LogP contribution is 2.66. The van der Waals surface area contributed by atoms with Gasteiger partial charge in [0.25, 0.3) is 0 Å². The average molecular weight is 485 g/mol. The molecule has 2 fully saturated rings. The van der Waals surface area contributed by atoms with Gasteiger partial charge in [0.05, 0.1) is 0 Å². The average Bonchev–Trinajstić information content (AvgIpc) is 3.22. The molecule has 0 spiro atoms. The van der Waals surface area contributed by atoms with Crippen molar-refractivity contribution in [1.82, 2.24) is 0 Å². The van der Waals surface area contributed by atoms with Crippen molar-refractivity contribution < 1.29 is 4.79 Å². The quantitative estimate of drug-likeness (QED) is 0.297. The van der Waals surface area contributed by atoms with Crippen molar-refractivity contribution in [2.24, 2.45) is 51.9 Å². The molecule has 0 aromatic heterocycles. The highest BCUT2D eigenvalue weighted by atomic mass is 16.1. The van der Waals surface area contributed by atoms with Gasteiger partial charge in [0.2, 0.25) is 0 Å². The molecule has 4 rings (SSSR count). The van der Waals surface area contributed by atoms with E-state index in [-0.39, 0.29) is 17.4 Å². The van der Waals surface area contributed by atoms with Gasteiger partial charge in [-0.15, -0.1) is 0 Å². The van der Waals surface area contributed by atoms with Gasteiger partial charge in [-0.05, 0) is 100 Å². The molecular formula is C32H56N2O. The summed E-state index contributed by atoms with van der Waals surface area (Å²) in [6.45, 7) is 17.1. The molecule has 0 aliphatic heterocycles. The van der Waals surface area contributed by atoms with E-state index in [1.807, 2.05) is 34.6 Å². The number of hydrogen-bond acceptors (Lipinski definition) is 3. The molecule has 35 heavy (non-hydrogen) atoms. The van der Waals surface area contributed by atoms with Crippen molar-refractivity contribution in [3.05, 3.63) is 35.1 Å². The van der Waals surface area contributed by atoms with Crippen molar-refractivity contribution in [2.75, 3.05) is 0 Å². The Morgan fingerprint density at radius 1 is 1.11 bits per heavy atom. The summed E-state index contributed by atoms with van der Waals surface area (Å²) in [4.78, 5) is 11.5. The first kappa shape index (κ1) is 29.9. The number of nitrogens with two attached hydrogens (primary N) is 2. The maximum atomic E-state index is 11.5. The lowest BCUT2D eigenvalue weighted by Crippen LogP contribution is -2.52. The molecule has 3 nitrogen and oxygen atoms in total. The number of aldehydes is 1. The number of fused-ring (bicyclic) bond motifs is 5. The van der Waals surface area contributed by atoms with Crippen LogP contribution < -0.4 is 11.5 Å². The molecule has 4 N–H and O–H groups in total. The van der Waals surface area contributed by atoms with Gasteiger partial charge in [0, 0.05) is 23.6 Å². The Balaban J connectivity index is 0.00000103. The topological polar surface area (TPSA) is 69.1 Å². The van der Waals surface area contributed by atoms with Crippen LogP contribution in [0.1, 0.15) is 113 Å². The Bertz CT molecular complexity index is 791. The zero-order valence-corrected chi connectivity index (χ0v) is 24.2. The molecular weight excluding hydrogens is 428 g/mol. The van der Waals surface area contributed by atoms with Crippen molar-refractivity contribution in [3.63, 3.8) is 0 Å². The molecule has 0 saturated heterocycles. The van der Waals surface area contributed by atoms with E-state index >= 15 is 0 Å². The number of carbonyl (C=O) groups excluding carboxylic acids is 1.